The van der Waals surface area contributed by atoms with Gasteiger partial charge in [0.2, 0.25) is 0 Å². The summed E-state index contributed by atoms with van der Waals surface area (Å²) in [5.74, 6) is -2.16. The topological polar surface area (TPSA) is 91.8 Å². The quantitative estimate of drug-likeness (QED) is 0.502. The molecular weight excluding hydrogens is 452 g/mol. The lowest BCUT2D eigenvalue weighted by molar-refractivity contribution is -0.120. The molecule has 4 rings (SSSR count). The summed E-state index contributed by atoms with van der Waals surface area (Å²) in [6, 6.07) is 17.7. The lowest BCUT2D eigenvalue weighted by Gasteiger charge is -2.29. The first-order valence-corrected chi connectivity index (χ1v) is 12.3. The Morgan fingerprint density at radius 1 is 0.882 bits per heavy atom. The molecule has 0 spiro atoms. The minimum Gasteiger partial charge on any atom is -0.271 e. The molecular formula is C26H24N2O5S. The second kappa shape index (κ2) is 8.87. The third-order valence-electron chi connectivity index (χ3n) is 5.91. The van der Waals surface area contributed by atoms with Crippen LogP contribution in [-0.2, 0) is 21.2 Å². The lowest BCUT2D eigenvalue weighted by atomic mass is 10.1. The van der Waals surface area contributed by atoms with Crippen LogP contribution in [0, 0.1) is 6.92 Å². The highest BCUT2D eigenvalue weighted by Crippen LogP contribution is 2.29. The van der Waals surface area contributed by atoms with Gasteiger partial charge >= 0.3 is 0 Å². The van der Waals surface area contributed by atoms with Gasteiger partial charge in [-0.25, -0.2) is 12.7 Å². The summed E-state index contributed by atoms with van der Waals surface area (Å²) in [6.07, 6.45) is 0.740. The smallest absolute Gasteiger partial charge is 0.270 e. The Labute approximate surface area is 198 Å². The van der Waals surface area contributed by atoms with Gasteiger partial charge in [-0.3, -0.25) is 19.3 Å². The molecule has 0 N–H and O–H groups in total. The van der Waals surface area contributed by atoms with Crippen LogP contribution < -0.4 is 4.31 Å². The summed E-state index contributed by atoms with van der Waals surface area (Å²) in [5, 5.41) is 0. The maximum absolute atomic E-state index is 13.7. The molecule has 1 aliphatic heterocycles. The van der Waals surface area contributed by atoms with Crippen molar-refractivity contribution in [3.63, 3.8) is 0 Å². The van der Waals surface area contributed by atoms with Crippen molar-refractivity contribution in [2.75, 3.05) is 4.31 Å². The maximum atomic E-state index is 13.7. The summed E-state index contributed by atoms with van der Waals surface area (Å²) in [5.41, 5.74) is 2.34. The van der Waals surface area contributed by atoms with Crippen molar-refractivity contribution in [2.24, 2.45) is 0 Å². The molecule has 3 aromatic rings. The van der Waals surface area contributed by atoms with E-state index in [0.29, 0.717) is 4.31 Å². The van der Waals surface area contributed by atoms with E-state index in [4.69, 9.17) is 0 Å². The first-order valence-electron chi connectivity index (χ1n) is 10.9. The summed E-state index contributed by atoms with van der Waals surface area (Å²) in [6.45, 7) is 5.15. The van der Waals surface area contributed by atoms with Gasteiger partial charge in [-0.05, 0) is 62.2 Å². The van der Waals surface area contributed by atoms with Crippen LogP contribution in [-0.4, -0.2) is 37.1 Å². The number of anilines is 1. The Balaban J connectivity index is 1.78. The van der Waals surface area contributed by atoms with Crippen LogP contribution in [0.3, 0.4) is 0 Å². The van der Waals surface area contributed by atoms with Crippen LogP contribution in [0.25, 0.3) is 0 Å². The van der Waals surface area contributed by atoms with Crippen molar-refractivity contribution >= 4 is 33.4 Å². The Morgan fingerprint density at radius 3 is 1.91 bits per heavy atom. The van der Waals surface area contributed by atoms with Gasteiger partial charge in [0.25, 0.3) is 27.7 Å². The number of nitrogens with zero attached hydrogens (tertiary/aromatic N) is 2. The van der Waals surface area contributed by atoms with Gasteiger partial charge in [0, 0.05) is 0 Å². The number of amides is 3. The zero-order valence-electron chi connectivity index (χ0n) is 19.1. The fourth-order valence-corrected chi connectivity index (χ4v) is 5.39. The molecule has 3 aromatic carbocycles. The van der Waals surface area contributed by atoms with Gasteiger partial charge in [-0.15, -0.1) is 0 Å². The predicted octanol–water partition coefficient (Wildman–Crippen LogP) is 3.96. The highest BCUT2D eigenvalue weighted by molar-refractivity contribution is 7.93. The lowest BCUT2D eigenvalue weighted by Crippen LogP contribution is -2.51. The SMILES string of the molecule is CCc1ccc(N(C(=O)C(C)N2C(=O)c3ccccc3C2=O)S(=O)(=O)c2ccc(C)cc2)cc1. The van der Waals surface area contributed by atoms with Crippen molar-refractivity contribution in [3.05, 3.63) is 95.1 Å². The zero-order chi connectivity index (χ0) is 24.6. The largest absolute Gasteiger partial charge is 0.271 e. The van der Waals surface area contributed by atoms with Gasteiger partial charge in [-0.2, -0.15) is 0 Å². The average molecular weight is 477 g/mol. The number of imide groups is 1. The number of carbonyl (C=O) groups is 3. The standard InChI is InChI=1S/C26H24N2O5S/c1-4-19-11-13-20(14-12-19)28(34(32,33)21-15-9-17(2)10-16-21)24(29)18(3)27-25(30)22-7-5-6-8-23(22)26(27)31/h5-16,18H,4H2,1-3H3. The zero-order valence-corrected chi connectivity index (χ0v) is 19.9. The van der Waals surface area contributed by atoms with E-state index in [-0.39, 0.29) is 21.7 Å². The minimum absolute atomic E-state index is 0.0689. The highest BCUT2D eigenvalue weighted by atomic mass is 32.2. The Hall–Kier alpha value is -3.78. The van der Waals surface area contributed by atoms with Gasteiger partial charge in [0.15, 0.2) is 0 Å². The van der Waals surface area contributed by atoms with Gasteiger partial charge < -0.3 is 0 Å². The molecule has 1 heterocycles. The summed E-state index contributed by atoms with van der Waals surface area (Å²) in [7, 11) is -4.33. The molecule has 7 nitrogen and oxygen atoms in total. The molecule has 3 amide bonds. The number of rotatable bonds is 6. The Morgan fingerprint density at radius 2 is 1.41 bits per heavy atom. The van der Waals surface area contributed by atoms with E-state index < -0.39 is 33.8 Å². The van der Waals surface area contributed by atoms with E-state index in [1.165, 1.54) is 31.2 Å². The number of fused-ring (bicyclic) bond motifs is 1. The van der Waals surface area contributed by atoms with E-state index in [2.05, 4.69) is 0 Å². The van der Waals surface area contributed by atoms with Crippen LogP contribution in [0.1, 0.15) is 45.7 Å². The Kier molecular flexibility index (Phi) is 6.10. The van der Waals surface area contributed by atoms with E-state index in [1.807, 2.05) is 13.8 Å². The summed E-state index contributed by atoms with van der Waals surface area (Å²) in [4.78, 5) is 40.3. The number of aryl methyl sites for hydroxylation is 2. The number of hydrogen-bond acceptors (Lipinski definition) is 5. The monoisotopic (exact) mass is 476 g/mol. The fraction of sp³-hybridized carbons (Fsp3) is 0.192. The first-order chi connectivity index (χ1) is 16.2. The number of carbonyl (C=O) groups excluding carboxylic acids is 3. The molecule has 0 radical (unpaired) electrons. The van der Waals surface area contributed by atoms with Crippen LogP contribution in [0.2, 0.25) is 0 Å². The van der Waals surface area contributed by atoms with E-state index in [0.717, 1.165) is 22.4 Å². The second-order valence-electron chi connectivity index (χ2n) is 8.14. The predicted molar refractivity (Wildman–Crippen MR) is 128 cm³/mol. The molecule has 0 saturated heterocycles. The fourth-order valence-electron chi connectivity index (χ4n) is 3.91. The number of benzene rings is 3. The van der Waals surface area contributed by atoms with Gasteiger partial charge in [-0.1, -0.05) is 48.9 Å². The molecule has 174 valence electrons. The van der Waals surface area contributed by atoms with Crippen LogP contribution in [0.4, 0.5) is 5.69 Å². The van der Waals surface area contributed by atoms with Crippen molar-refractivity contribution in [2.45, 2.75) is 38.1 Å². The third-order valence-corrected chi connectivity index (χ3v) is 7.65. The third kappa shape index (κ3) is 3.90. The van der Waals surface area contributed by atoms with Gasteiger partial charge in [0.05, 0.1) is 21.7 Å². The molecule has 0 saturated carbocycles. The number of sulfonamides is 1. The molecule has 1 atom stereocenters. The highest BCUT2D eigenvalue weighted by Gasteiger charge is 2.44. The first kappa shape index (κ1) is 23.4. The van der Waals surface area contributed by atoms with Crippen molar-refractivity contribution in [1.29, 1.82) is 0 Å². The van der Waals surface area contributed by atoms with Crippen molar-refractivity contribution in [1.82, 2.24) is 4.90 Å². The summed E-state index contributed by atoms with van der Waals surface area (Å²) >= 11 is 0. The Bertz CT molecular complexity index is 1340. The molecule has 34 heavy (non-hydrogen) atoms. The van der Waals surface area contributed by atoms with E-state index in [1.54, 1.807) is 48.5 Å². The molecule has 1 aliphatic rings. The molecule has 0 fully saturated rings. The number of hydrogen-bond donors (Lipinski definition) is 0. The van der Waals surface area contributed by atoms with E-state index in [9.17, 15) is 22.8 Å². The minimum atomic E-state index is -4.33. The van der Waals surface area contributed by atoms with Crippen LogP contribution in [0.5, 0.6) is 0 Å². The van der Waals surface area contributed by atoms with Crippen molar-refractivity contribution < 1.29 is 22.8 Å². The molecule has 0 bridgehead atoms. The van der Waals surface area contributed by atoms with E-state index >= 15 is 0 Å². The molecule has 1 unspecified atom stereocenters. The maximum Gasteiger partial charge on any atom is 0.270 e. The van der Waals surface area contributed by atoms with Gasteiger partial charge in [0.1, 0.15) is 6.04 Å². The summed E-state index contributed by atoms with van der Waals surface area (Å²) < 4.78 is 28.0. The van der Waals surface area contributed by atoms with Crippen LogP contribution in [0.15, 0.2) is 77.7 Å². The average Bonchev–Trinajstić information content (AvgIpc) is 3.09. The normalized spacial score (nSPS) is 14.1. The molecule has 0 aliphatic carbocycles. The van der Waals surface area contributed by atoms with Crippen molar-refractivity contribution in [3.8, 4) is 0 Å². The van der Waals surface area contributed by atoms with Crippen LogP contribution >= 0.6 is 0 Å². The molecule has 8 heteroatoms. The second-order valence-corrected chi connectivity index (χ2v) is 9.93. The molecule has 0 aromatic heterocycles.